The number of nitrogens with two attached hydrogens (primary N) is 1. The number of nitro benzene ring substituents is 1. The molecule has 0 saturated carbocycles. The third-order valence-corrected chi connectivity index (χ3v) is 3.08. The molecule has 1 heterocycles. The number of nitro groups is 1. The summed E-state index contributed by atoms with van der Waals surface area (Å²) in [5, 5.41) is 31.9. The lowest BCUT2D eigenvalue weighted by atomic mass is 10.1. The van der Waals surface area contributed by atoms with Gasteiger partial charge in [-0.1, -0.05) is 5.16 Å². The van der Waals surface area contributed by atoms with Gasteiger partial charge < -0.3 is 20.9 Å². The van der Waals surface area contributed by atoms with E-state index in [-0.39, 0.29) is 17.1 Å². The fourth-order valence-electron chi connectivity index (χ4n) is 2.13. The molecule has 8 heteroatoms. The summed E-state index contributed by atoms with van der Waals surface area (Å²) in [6.45, 7) is 1.04. The van der Waals surface area contributed by atoms with Crippen molar-refractivity contribution in [3.05, 3.63) is 33.9 Å². The molecule has 1 aromatic carbocycles. The first-order chi connectivity index (χ1) is 9.02. The molecule has 4 N–H and O–H groups in total. The normalized spacial score (nSPS) is 19.7. The predicted molar refractivity (Wildman–Crippen MR) is 68.4 cm³/mol. The number of aliphatic hydroxyl groups excluding tert-OH is 1. The first kappa shape index (κ1) is 13.1. The molecule has 0 radical (unpaired) electrons. The second-order valence-electron chi connectivity index (χ2n) is 4.33. The van der Waals surface area contributed by atoms with Crippen molar-refractivity contribution in [1.29, 1.82) is 0 Å². The first-order valence-corrected chi connectivity index (χ1v) is 5.72. The average molecular weight is 266 g/mol. The van der Waals surface area contributed by atoms with E-state index in [0.717, 1.165) is 0 Å². The number of hydrogen-bond donors (Lipinski definition) is 3. The lowest BCUT2D eigenvalue weighted by Crippen LogP contribution is -2.25. The predicted octanol–water partition coefficient (Wildman–Crippen LogP) is 0.260. The van der Waals surface area contributed by atoms with Crippen LogP contribution >= 0.6 is 0 Å². The summed E-state index contributed by atoms with van der Waals surface area (Å²) in [6.07, 6.45) is 0.183. The molecule has 1 aromatic rings. The Balaban J connectivity index is 2.45. The fourth-order valence-corrected chi connectivity index (χ4v) is 2.13. The molecular formula is C11H14N4O4. The quantitative estimate of drug-likeness (QED) is 0.237. The molecule has 0 amide bonds. The van der Waals surface area contributed by atoms with Crippen LogP contribution in [0.3, 0.4) is 0 Å². The third kappa shape index (κ3) is 2.58. The lowest BCUT2D eigenvalue weighted by molar-refractivity contribution is -0.384. The number of amidine groups is 1. The Bertz CT molecular complexity index is 531. The molecule has 0 aliphatic carbocycles. The van der Waals surface area contributed by atoms with Gasteiger partial charge in [-0.15, -0.1) is 0 Å². The van der Waals surface area contributed by atoms with Crippen molar-refractivity contribution < 1.29 is 15.2 Å². The highest BCUT2D eigenvalue weighted by atomic mass is 16.6. The van der Waals surface area contributed by atoms with E-state index in [1.54, 1.807) is 6.07 Å². The number of oxime groups is 1. The molecule has 0 spiro atoms. The second kappa shape index (κ2) is 5.11. The largest absolute Gasteiger partial charge is 0.409 e. The molecular weight excluding hydrogens is 252 g/mol. The maximum absolute atomic E-state index is 10.8. The van der Waals surface area contributed by atoms with Crippen molar-refractivity contribution in [2.24, 2.45) is 10.9 Å². The molecule has 2 rings (SSSR count). The molecule has 0 aromatic heterocycles. The monoisotopic (exact) mass is 266 g/mol. The van der Waals surface area contributed by atoms with E-state index in [1.807, 2.05) is 4.90 Å². The highest BCUT2D eigenvalue weighted by Crippen LogP contribution is 2.28. The Morgan fingerprint density at radius 3 is 2.84 bits per heavy atom. The molecule has 1 aliphatic heterocycles. The lowest BCUT2D eigenvalue weighted by Gasteiger charge is -2.20. The van der Waals surface area contributed by atoms with Gasteiger partial charge >= 0.3 is 0 Å². The highest BCUT2D eigenvalue weighted by Gasteiger charge is 2.24. The van der Waals surface area contributed by atoms with Crippen molar-refractivity contribution in [2.75, 3.05) is 18.0 Å². The van der Waals surface area contributed by atoms with Crippen LogP contribution in [-0.2, 0) is 0 Å². The van der Waals surface area contributed by atoms with E-state index in [9.17, 15) is 15.2 Å². The van der Waals surface area contributed by atoms with E-state index in [2.05, 4.69) is 5.16 Å². The van der Waals surface area contributed by atoms with Gasteiger partial charge in [-0.2, -0.15) is 0 Å². The van der Waals surface area contributed by atoms with Gasteiger partial charge in [0.25, 0.3) is 5.69 Å². The Morgan fingerprint density at radius 2 is 2.32 bits per heavy atom. The molecule has 1 atom stereocenters. The summed E-state index contributed by atoms with van der Waals surface area (Å²) >= 11 is 0. The Hall–Kier alpha value is -2.35. The van der Waals surface area contributed by atoms with Crippen molar-refractivity contribution in [1.82, 2.24) is 0 Å². The summed E-state index contributed by atoms with van der Waals surface area (Å²) in [5.41, 5.74) is 6.31. The van der Waals surface area contributed by atoms with Crippen LogP contribution < -0.4 is 10.6 Å². The van der Waals surface area contributed by atoms with E-state index < -0.39 is 11.0 Å². The van der Waals surface area contributed by atoms with Crippen LogP contribution in [-0.4, -0.2) is 40.3 Å². The molecule has 1 fully saturated rings. The number of non-ortho nitro benzene ring substituents is 1. The summed E-state index contributed by atoms with van der Waals surface area (Å²) in [4.78, 5) is 12.1. The third-order valence-electron chi connectivity index (χ3n) is 3.08. The maximum Gasteiger partial charge on any atom is 0.270 e. The van der Waals surface area contributed by atoms with Crippen molar-refractivity contribution in [3.8, 4) is 0 Å². The van der Waals surface area contributed by atoms with Crippen LogP contribution in [0.15, 0.2) is 23.4 Å². The van der Waals surface area contributed by atoms with Gasteiger partial charge in [0, 0.05) is 30.9 Å². The van der Waals surface area contributed by atoms with Gasteiger partial charge in [-0.05, 0) is 12.5 Å². The van der Waals surface area contributed by atoms with Crippen LogP contribution in [0.2, 0.25) is 0 Å². The van der Waals surface area contributed by atoms with E-state index >= 15 is 0 Å². The van der Waals surface area contributed by atoms with Crippen LogP contribution in [0.4, 0.5) is 11.4 Å². The second-order valence-corrected chi connectivity index (χ2v) is 4.33. The molecule has 1 aliphatic rings. The molecule has 1 saturated heterocycles. The average Bonchev–Trinajstić information content (AvgIpc) is 2.83. The van der Waals surface area contributed by atoms with Crippen LogP contribution in [0.5, 0.6) is 0 Å². The topological polar surface area (TPSA) is 125 Å². The number of β-amino-alcohol motifs (C(OH)–C–C–N with tert-alkyl or cyclic N) is 1. The molecule has 8 nitrogen and oxygen atoms in total. The van der Waals surface area contributed by atoms with Crippen molar-refractivity contribution in [2.45, 2.75) is 12.5 Å². The van der Waals surface area contributed by atoms with Gasteiger partial charge in [0.2, 0.25) is 0 Å². The minimum absolute atomic E-state index is 0.134. The Morgan fingerprint density at radius 1 is 1.58 bits per heavy atom. The van der Waals surface area contributed by atoms with E-state index in [4.69, 9.17) is 10.9 Å². The van der Waals surface area contributed by atoms with Crippen LogP contribution in [0.1, 0.15) is 12.0 Å². The minimum Gasteiger partial charge on any atom is -0.409 e. The van der Waals surface area contributed by atoms with Crippen LogP contribution in [0, 0.1) is 10.1 Å². The number of nitrogens with zero attached hydrogens (tertiary/aromatic N) is 3. The first-order valence-electron chi connectivity index (χ1n) is 5.72. The van der Waals surface area contributed by atoms with Gasteiger partial charge in [0.1, 0.15) is 0 Å². The van der Waals surface area contributed by atoms with Gasteiger partial charge in [0.15, 0.2) is 5.84 Å². The Labute approximate surface area is 108 Å². The van der Waals surface area contributed by atoms with E-state index in [0.29, 0.717) is 25.2 Å². The molecule has 1 unspecified atom stereocenters. The molecule has 0 bridgehead atoms. The van der Waals surface area contributed by atoms with Gasteiger partial charge in [-0.3, -0.25) is 10.1 Å². The van der Waals surface area contributed by atoms with Crippen LogP contribution in [0.25, 0.3) is 0 Å². The summed E-state index contributed by atoms with van der Waals surface area (Å²) in [7, 11) is 0. The highest BCUT2D eigenvalue weighted by molar-refractivity contribution is 6.02. The van der Waals surface area contributed by atoms with E-state index in [1.165, 1.54) is 12.1 Å². The smallest absolute Gasteiger partial charge is 0.270 e. The van der Waals surface area contributed by atoms with Crippen molar-refractivity contribution in [3.63, 3.8) is 0 Å². The number of hydrogen-bond acceptors (Lipinski definition) is 6. The number of anilines is 1. The maximum atomic E-state index is 10.8. The zero-order valence-electron chi connectivity index (χ0n) is 10.1. The summed E-state index contributed by atoms with van der Waals surface area (Å²) in [5.74, 6) is -0.194. The zero-order chi connectivity index (χ0) is 14.0. The summed E-state index contributed by atoms with van der Waals surface area (Å²) < 4.78 is 0. The summed E-state index contributed by atoms with van der Waals surface area (Å²) in [6, 6.07) is 4.16. The van der Waals surface area contributed by atoms with Gasteiger partial charge in [0.05, 0.1) is 16.6 Å². The van der Waals surface area contributed by atoms with Gasteiger partial charge in [-0.25, -0.2) is 0 Å². The number of rotatable bonds is 3. The molecule has 19 heavy (non-hydrogen) atoms. The Kier molecular flexibility index (Phi) is 3.52. The van der Waals surface area contributed by atoms with Crippen molar-refractivity contribution >= 4 is 17.2 Å². The SMILES string of the molecule is NC(=NO)c1cc([N+](=O)[O-])ccc1N1CCC(O)C1. The zero-order valence-corrected chi connectivity index (χ0v) is 10.1. The fraction of sp³-hybridized carbons (Fsp3) is 0.364. The minimum atomic E-state index is -0.545. The number of aliphatic hydroxyl groups is 1. The standard InChI is InChI=1S/C11H14N4O4/c12-11(13-17)9-5-7(15(18)19)1-2-10(9)14-4-3-8(16)6-14/h1-2,5,8,16-17H,3-4,6H2,(H2,12,13). The molecule has 102 valence electrons. The number of benzene rings is 1.